The van der Waals surface area contributed by atoms with E-state index >= 15 is 0 Å². The fourth-order valence-electron chi connectivity index (χ4n) is 1.41. The minimum Gasteiger partial charge on any atom is -0.389 e. The Morgan fingerprint density at radius 3 is 2.80 bits per heavy atom. The second-order valence-electron chi connectivity index (χ2n) is 4.33. The number of nitrogens with zero attached hydrogens (tertiary/aromatic N) is 2. The van der Waals surface area contributed by atoms with E-state index in [4.69, 9.17) is 0 Å². The maximum absolute atomic E-state index is 9.85. The largest absolute Gasteiger partial charge is 0.389 e. The standard InChI is InChI=1S/C11H21N3O/c1-5-11(3,15)8-12-9(2)10-6-7-13-14(10)4/h6-7,9,12,15H,5,8H2,1-4H3. The first kappa shape index (κ1) is 12.2. The van der Waals surface area contributed by atoms with Crippen molar-refractivity contribution < 1.29 is 5.11 Å². The van der Waals surface area contributed by atoms with E-state index in [1.165, 1.54) is 0 Å². The van der Waals surface area contributed by atoms with Crippen LogP contribution in [0.4, 0.5) is 0 Å². The van der Waals surface area contributed by atoms with E-state index in [2.05, 4.69) is 17.3 Å². The lowest BCUT2D eigenvalue weighted by Crippen LogP contribution is -2.38. The molecule has 86 valence electrons. The second-order valence-corrected chi connectivity index (χ2v) is 4.33. The topological polar surface area (TPSA) is 50.1 Å². The van der Waals surface area contributed by atoms with Crippen molar-refractivity contribution in [3.63, 3.8) is 0 Å². The lowest BCUT2D eigenvalue weighted by atomic mass is 10.0. The summed E-state index contributed by atoms with van der Waals surface area (Å²) in [6.07, 6.45) is 2.53. The number of rotatable bonds is 5. The SMILES string of the molecule is CCC(C)(O)CNC(C)c1ccnn1C. The highest BCUT2D eigenvalue weighted by atomic mass is 16.3. The van der Waals surface area contributed by atoms with Gasteiger partial charge in [-0.25, -0.2) is 0 Å². The molecule has 0 amide bonds. The van der Waals surface area contributed by atoms with Crippen molar-refractivity contribution in [3.8, 4) is 0 Å². The smallest absolute Gasteiger partial charge is 0.0741 e. The molecule has 1 aromatic heterocycles. The summed E-state index contributed by atoms with van der Waals surface area (Å²) in [7, 11) is 1.92. The highest BCUT2D eigenvalue weighted by molar-refractivity contribution is 5.05. The predicted octanol–water partition coefficient (Wildman–Crippen LogP) is 1.23. The van der Waals surface area contributed by atoms with Gasteiger partial charge >= 0.3 is 0 Å². The number of hydrogen-bond acceptors (Lipinski definition) is 3. The molecule has 1 aromatic rings. The number of aliphatic hydroxyl groups is 1. The van der Waals surface area contributed by atoms with Crippen LogP contribution in [0.15, 0.2) is 12.3 Å². The van der Waals surface area contributed by atoms with Crippen LogP contribution in [0, 0.1) is 0 Å². The molecule has 15 heavy (non-hydrogen) atoms. The Bertz CT molecular complexity index is 307. The zero-order valence-corrected chi connectivity index (χ0v) is 9.99. The van der Waals surface area contributed by atoms with Crippen molar-refractivity contribution >= 4 is 0 Å². The summed E-state index contributed by atoms with van der Waals surface area (Å²) in [5.74, 6) is 0. The Hall–Kier alpha value is -0.870. The molecule has 4 nitrogen and oxygen atoms in total. The van der Waals surface area contributed by atoms with E-state index in [9.17, 15) is 5.11 Å². The summed E-state index contributed by atoms with van der Waals surface area (Å²) in [5.41, 5.74) is 0.495. The third-order valence-corrected chi connectivity index (χ3v) is 2.85. The predicted molar refractivity (Wildman–Crippen MR) is 60.5 cm³/mol. The van der Waals surface area contributed by atoms with Crippen molar-refractivity contribution in [2.45, 2.75) is 38.8 Å². The molecule has 1 rings (SSSR count). The monoisotopic (exact) mass is 211 g/mol. The van der Waals surface area contributed by atoms with Crippen LogP contribution < -0.4 is 5.32 Å². The van der Waals surface area contributed by atoms with E-state index in [-0.39, 0.29) is 6.04 Å². The molecular formula is C11H21N3O. The van der Waals surface area contributed by atoms with Crippen molar-refractivity contribution in [2.24, 2.45) is 7.05 Å². The summed E-state index contributed by atoms with van der Waals surface area (Å²) in [6, 6.07) is 2.19. The average molecular weight is 211 g/mol. The zero-order chi connectivity index (χ0) is 11.5. The highest BCUT2D eigenvalue weighted by Gasteiger charge is 2.19. The molecule has 0 fully saturated rings. The van der Waals surface area contributed by atoms with Crippen molar-refractivity contribution in [2.75, 3.05) is 6.54 Å². The maximum Gasteiger partial charge on any atom is 0.0741 e. The van der Waals surface area contributed by atoms with Gasteiger partial charge in [0.2, 0.25) is 0 Å². The molecule has 0 aliphatic carbocycles. The second kappa shape index (κ2) is 4.77. The molecule has 0 saturated heterocycles. The fourth-order valence-corrected chi connectivity index (χ4v) is 1.41. The van der Waals surface area contributed by atoms with Crippen LogP contribution >= 0.6 is 0 Å². The minimum absolute atomic E-state index is 0.204. The summed E-state index contributed by atoms with van der Waals surface area (Å²) in [6.45, 7) is 6.49. The first-order valence-corrected chi connectivity index (χ1v) is 5.40. The van der Waals surface area contributed by atoms with Gasteiger partial charge in [-0.1, -0.05) is 6.92 Å². The zero-order valence-electron chi connectivity index (χ0n) is 9.99. The van der Waals surface area contributed by atoms with E-state index < -0.39 is 5.60 Å². The summed E-state index contributed by atoms with van der Waals surface area (Å²) >= 11 is 0. The van der Waals surface area contributed by atoms with Gasteiger partial charge in [0.15, 0.2) is 0 Å². The van der Waals surface area contributed by atoms with E-state index in [0.717, 1.165) is 12.1 Å². The quantitative estimate of drug-likeness (QED) is 0.770. The summed E-state index contributed by atoms with van der Waals surface area (Å²) in [5, 5.41) is 17.3. The van der Waals surface area contributed by atoms with Gasteiger partial charge < -0.3 is 10.4 Å². The lowest BCUT2D eigenvalue weighted by Gasteiger charge is -2.24. The summed E-state index contributed by atoms with van der Waals surface area (Å²) in [4.78, 5) is 0. The third kappa shape index (κ3) is 3.32. The van der Waals surface area contributed by atoms with Gasteiger partial charge in [0.1, 0.15) is 0 Å². The molecule has 0 bridgehead atoms. The highest BCUT2D eigenvalue weighted by Crippen LogP contribution is 2.13. The van der Waals surface area contributed by atoms with Crippen molar-refractivity contribution in [1.29, 1.82) is 0 Å². The van der Waals surface area contributed by atoms with E-state index in [1.54, 1.807) is 6.20 Å². The molecule has 1 heterocycles. The molecule has 0 spiro atoms. The van der Waals surface area contributed by atoms with Crippen LogP contribution in [-0.2, 0) is 7.05 Å². The van der Waals surface area contributed by atoms with Gasteiger partial charge in [0, 0.05) is 25.8 Å². The van der Waals surface area contributed by atoms with Crippen molar-refractivity contribution in [1.82, 2.24) is 15.1 Å². The van der Waals surface area contributed by atoms with Gasteiger partial charge in [-0.15, -0.1) is 0 Å². The number of hydrogen-bond donors (Lipinski definition) is 2. The van der Waals surface area contributed by atoms with E-state index in [1.807, 2.05) is 31.6 Å². The molecule has 0 radical (unpaired) electrons. The minimum atomic E-state index is -0.632. The number of aromatic nitrogens is 2. The lowest BCUT2D eigenvalue weighted by molar-refractivity contribution is 0.0531. The van der Waals surface area contributed by atoms with Crippen LogP contribution in [0.3, 0.4) is 0 Å². The maximum atomic E-state index is 9.85. The molecule has 0 aromatic carbocycles. The van der Waals surface area contributed by atoms with Gasteiger partial charge in [-0.2, -0.15) is 5.10 Å². The first-order chi connectivity index (χ1) is 6.96. The van der Waals surface area contributed by atoms with Crippen LogP contribution in [-0.4, -0.2) is 27.0 Å². The molecule has 2 N–H and O–H groups in total. The first-order valence-electron chi connectivity index (χ1n) is 5.40. The Kier molecular flexibility index (Phi) is 3.88. The van der Waals surface area contributed by atoms with Crippen LogP contribution in [0.1, 0.15) is 38.9 Å². The van der Waals surface area contributed by atoms with Gasteiger partial charge in [-0.05, 0) is 26.3 Å². The van der Waals surface area contributed by atoms with Crippen LogP contribution in [0.2, 0.25) is 0 Å². The van der Waals surface area contributed by atoms with Crippen LogP contribution in [0.25, 0.3) is 0 Å². The van der Waals surface area contributed by atoms with E-state index in [0.29, 0.717) is 6.54 Å². The van der Waals surface area contributed by atoms with Gasteiger partial charge in [-0.3, -0.25) is 4.68 Å². The molecule has 0 aliphatic heterocycles. The third-order valence-electron chi connectivity index (χ3n) is 2.85. The molecule has 0 aliphatic rings. The molecule has 2 atom stereocenters. The molecular weight excluding hydrogens is 190 g/mol. The Morgan fingerprint density at radius 2 is 2.33 bits per heavy atom. The normalized spacial score (nSPS) is 17.4. The van der Waals surface area contributed by atoms with Crippen molar-refractivity contribution in [3.05, 3.63) is 18.0 Å². The number of aryl methyl sites for hydroxylation is 1. The van der Waals surface area contributed by atoms with Gasteiger partial charge in [0.05, 0.1) is 11.3 Å². The Morgan fingerprint density at radius 1 is 1.67 bits per heavy atom. The van der Waals surface area contributed by atoms with Crippen LogP contribution in [0.5, 0.6) is 0 Å². The molecule has 0 saturated carbocycles. The molecule has 2 unspecified atom stereocenters. The van der Waals surface area contributed by atoms with Gasteiger partial charge in [0.25, 0.3) is 0 Å². The fraction of sp³-hybridized carbons (Fsp3) is 0.727. The summed E-state index contributed by atoms with van der Waals surface area (Å²) < 4.78 is 1.85. The molecule has 4 heteroatoms. The Balaban J connectivity index is 2.50. The average Bonchev–Trinajstić information content (AvgIpc) is 2.61. The Labute approximate surface area is 91.3 Å². The number of nitrogens with one attached hydrogen (secondary N) is 1.